The average Bonchev–Trinajstić information content (AvgIpc) is 3.49. The molecule has 11 heteroatoms. The smallest absolute Gasteiger partial charge is 0.435 e. The van der Waals surface area contributed by atoms with Crippen LogP contribution in [0.15, 0.2) is 30.3 Å². The largest absolute Gasteiger partial charge is 0.521 e. The van der Waals surface area contributed by atoms with Crippen LogP contribution in [0.4, 0.5) is 4.79 Å². The first-order chi connectivity index (χ1) is 16.6. The van der Waals surface area contributed by atoms with Crippen LogP contribution in [-0.4, -0.2) is 93.9 Å². The van der Waals surface area contributed by atoms with Crippen molar-refractivity contribution in [1.29, 1.82) is 0 Å². The summed E-state index contributed by atoms with van der Waals surface area (Å²) in [5, 5.41) is 26.6. The Labute approximate surface area is 204 Å². The molecule has 4 amide bonds. The monoisotopic (exact) mass is 490 g/mol. The Balaban J connectivity index is 1.87. The van der Waals surface area contributed by atoms with Crippen molar-refractivity contribution in [3.8, 4) is 0 Å². The number of carboxylic acid groups (broad SMARTS) is 1. The molecule has 2 heterocycles. The third-order valence-corrected chi connectivity index (χ3v) is 7.39. The van der Waals surface area contributed by atoms with Gasteiger partial charge >= 0.3 is 12.0 Å². The van der Waals surface area contributed by atoms with E-state index in [1.54, 1.807) is 6.92 Å². The lowest BCUT2D eigenvalue weighted by Crippen LogP contribution is -2.69. The van der Waals surface area contributed by atoms with Crippen molar-refractivity contribution in [2.75, 3.05) is 26.7 Å². The molecule has 0 saturated carbocycles. The van der Waals surface area contributed by atoms with Crippen molar-refractivity contribution in [2.24, 2.45) is 5.73 Å². The molecule has 0 aliphatic carbocycles. The Bertz CT molecular complexity index is 953. The predicted octanol–water partition coefficient (Wildman–Crippen LogP) is -0.225. The third kappa shape index (κ3) is 5.22. The number of quaternary nitrogens is 1. The number of imide groups is 1. The van der Waals surface area contributed by atoms with E-state index < -0.39 is 52.1 Å². The number of hydrogen-bond acceptors (Lipinski definition) is 7. The summed E-state index contributed by atoms with van der Waals surface area (Å²) in [6.07, 6.45) is -0.845. The van der Waals surface area contributed by atoms with Gasteiger partial charge < -0.3 is 31.5 Å². The molecule has 0 bridgehead atoms. The number of aliphatic hydroxyl groups is 1. The number of aliphatic hydroxyl groups excluding tert-OH is 1. The van der Waals surface area contributed by atoms with Crippen LogP contribution < -0.4 is 16.4 Å². The van der Waals surface area contributed by atoms with Gasteiger partial charge in [0.05, 0.1) is 6.54 Å². The van der Waals surface area contributed by atoms with Gasteiger partial charge in [-0.3, -0.25) is 9.59 Å². The summed E-state index contributed by atoms with van der Waals surface area (Å²) in [7, 11) is 1.43. The fraction of sp³-hybridized carbons (Fsp3) is 0.583. The van der Waals surface area contributed by atoms with Crippen LogP contribution in [0.3, 0.4) is 0 Å². The number of nitrogens with zero attached hydrogens (tertiary/aromatic N) is 2. The number of carbonyl (C=O) groups excluding carboxylic acids is 3. The van der Waals surface area contributed by atoms with E-state index in [-0.39, 0.29) is 25.9 Å². The number of amides is 4. The van der Waals surface area contributed by atoms with E-state index in [9.17, 15) is 29.4 Å². The molecule has 2 saturated heterocycles. The summed E-state index contributed by atoms with van der Waals surface area (Å²) in [6, 6.07) is 8.02. The van der Waals surface area contributed by atoms with E-state index in [2.05, 4.69) is 10.6 Å². The summed E-state index contributed by atoms with van der Waals surface area (Å²) in [5.74, 6) is -1.76. The van der Waals surface area contributed by atoms with Crippen molar-refractivity contribution >= 4 is 23.8 Å². The average molecular weight is 491 g/mol. The Morgan fingerprint density at radius 2 is 1.97 bits per heavy atom. The number of aryl methyl sites for hydroxylation is 1. The molecule has 11 nitrogen and oxygen atoms in total. The lowest BCUT2D eigenvalue weighted by atomic mass is 10.0. The van der Waals surface area contributed by atoms with Gasteiger partial charge in [0.1, 0.15) is 24.7 Å². The van der Waals surface area contributed by atoms with Crippen LogP contribution in [0, 0.1) is 0 Å². The van der Waals surface area contributed by atoms with Crippen molar-refractivity contribution < 1.29 is 33.9 Å². The summed E-state index contributed by atoms with van der Waals surface area (Å²) in [6.45, 7) is 1.52. The van der Waals surface area contributed by atoms with Crippen molar-refractivity contribution in [3.63, 3.8) is 0 Å². The first-order valence-electron chi connectivity index (χ1n) is 12.0. The van der Waals surface area contributed by atoms with Crippen LogP contribution in [0.2, 0.25) is 0 Å². The number of nitrogens with two attached hydrogens (primary N) is 1. The number of likely N-dealkylation sites (tertiary alicyclic amines) is 1. The van der Waals surface area contributed by atoms with Crippen molar-refractivity contribution in [3.05, 3.63) is 35.9 Å². The highest BCUT2D eigenvalue weighted by molar-refractivity contribution is 5.87. The summed E-state index contributed by atoms with van der Waals surface area (Å²) in [5.41, 5.74) is 5.02. The summed E-state index contributed by atoms with van der Waals surface area (Å²) in [4.78, 5) is 53.0. The van der Waals surface area contributed by atoms with E-state index in [1.165, 1.54) is 11.9 Å². The third-order valence-electron chi connectivity index (χ3n) is 7.39. The molecular formula is C24H36N5O6+. The van der Waals surface area contributed by atoms with Gasteiger partial charge in [-0.1, -0.05) is 30.3 Å². The van der Waals surface area contributed by atoms with E-state index in [0.717, 1.165) is 12.0 Å². The van der Waals surface area contributed by atoms with E-state index in [4.69, 9.17) is 5.73 Å². The number of carbonyl (C=O) groups is 4. The Morgan fingerprint density at radius 3 is 2.54 bits per heavy atom. The first-order valence-corrected chi connectivity index (χ1v) is 12.0. The second kappa shape index (κ2) is 10.8. The van der Waals surface area contributed by atoms with E-state index in [0.29, 0.717) is 19.4 Å². The number of hydrogen-bond donors (Lipinski definition) is 5. The number of likely N-dealkylation sites (N-methyl/N-ethyl adjacent to an activating group) is 1. The minimum absolute atomic E-state index is 0.0111. The quantitative estimate of drug-likeness (QED) is 0.247. The molecule has 192 valence electrons. The van der Waals surface area contributed by atoms with E-state index in [1.807, 2.05) is 30.3 Å². The maximum absolute atomic E-state index is 13.5. The van der Waals surface area contributed by atoms with Crippen molar-refractivity contribution in [2.45, 2.75) is 62.9 Å². The van der Waals surface area contributed by atoms with Gasteiger partial charge in [0.15, 0.2) is 5.66 Å². The van der Waals surface area contributed by atoms with E-state index >= 15 is 0 Å². The Kier molecular flexibility index (Phi) is 8.26. The molecule has 35 heavy (non-hydrogen) atoms. The van der Waals surface area contributed by atoms with Gasteiger partial charge in [-0.05, 0) is 44.7 Å². The standard InChI is InChI=1S/C24H35N5O6/c1-16-13-24(28(2)20(31)14-25,15-29(16,23(34)35)22(33)18-9-6-12-26-18)27-21(32)19(30)11-10-17-7-4-3-5-8-17/h3-5,7-8,16,18-19,26,30H,6,9-15,25H2,1-2H3,(H-,27,32,34,35)/p+1/t16-,18+,19-,24-,29-/m1/s1. The topological polar surface area (TPSA) is 162 Å². The molecule has 2 aliphatic rings. The molecule has 3 rings (SSSR count). The zero-order valence-corrected chi connectivity index (χ0v) is 20.3. The number of nitrogens with one attached hydrogen (secondary N) is 2. The molecule has 0 spiro atoms. The molecule has 0 aromatic heterocycles. The van der Waals surface area contributed by atoms with Crippen LogP contribution in [0.1, 0.15) is 38.2 Å². The Hall–Kier alpha value is -2.86. The van der Waals surface area contributed by atoms with Gasteiger partial charge in [0, 0.05) is 13.5 Å². The molecule has 1 aromatic carbocycles. The molecule has 0 radical (unpaired) electrons. The second-order valence-electron chi connectivity index (χ2n) is 9.57. The zero-order valence-electron chi connectivity index (χ0n) is 20.3. The van der Waals surface area contributed by atoms with Crippen LogP contribution >= 0.6 is 0 Å². The second-order valence-corrected chi connectivity index (χ2v) is 9.57. The minimum atomic E-state index is -1.51. The van der Waals surface area contributed by atoms with Crippen LogP contribution in [0.5, 0.6) is 0 Å². The van der Waals surface area contributed by atoms with Crippen LogP contribution in [0.25, 0.3) is 0 Å². The van der Waals surface area contributed by atoms with Crippen LogP contribution in [-0.2, 0) is 20.8 Å². The highest BCUT2D eigenvalue weighted by Gasteiger charge is 2.66. The molecular weight excluding hydrogens is 454 g/mol. The van der Waals surface area contributed by atoms with Gasteiger partial charge in [-0.15, -0.1) is 0 Å². The fourth-order valence-electron chi connectivity index (χ4n) is 5.28. The molecule has 5 atom stereocenters. The minimum Gasteiger partial charge on any atom is -0.435 e. The predicted molar refractivity (Wildman–Crippen MR) is 127 cm³/mol. The lowest BCUT2D eigenvalue weighted by molar-refractivity contribution is -0.795. The van der Waals surface area contributed by atoms with Gasteiger partial charge in [0.2, 0.25) is 5.91 Å². The molecule has 0 unspecified atom stereocenters. The number of benzene rings is 1. The summed E-state index contributed by atoms with van der Waals surface area (Å²) >= 11 is 0. The maximum Gasteiger partial charge on any atom is 0.521 e. The molecule has 2 fully saturated rings. The van der Waals surface area contributed by atoms with Crippen molar-refractivity contribution in [1.82, 2.24) is 15.5 Å². The first kappa shape index (κ1) is 26.7. The normalized spacial score (nSPS) is 28.9. The zero-order chi connectivity index (χ0) is 25.8. The fourth-order valence-corrected chi connectivity index (χ4v) is 5.28. The highest BCUT2D eigenvalue weighted by atomic mass is 16.4. The molecule has 6 N–H and O–H groups in total. The molecule has 2 aliphatic heterocycles. The van der Waals surface area contributed by atoms with Gasteiger partial charge in [-0.25, -0.2) is 4.79 Å². The Morgan fingerprint density at radius 1 is 1.29 bits per heavy atom. The highest BCUT2D eigenvalue weighted by Crippen LogP contribution is 2.38. The summed E-state index contributed by atoms with van der Waals surface area (Å²) < 4.78 is -0.930. The molecule has 1 aromatic rings. The SMILES string of the molecule is C[C@@H]1C[C@@](NC(=O)[C@H](O)CCc2ccccc2)(N(C)C(=O)CN)C[N@+]1(C(=O)O)C(=O)[C@@H]1CCCN1. The van der Waals surface area contributed by atoms with Gasteiger partial charge in [-0.2, -0.15) is 9.28 Å². The number of rotatable bonds is 8. The maximum atomic E-state index is 13.5. The van der Waals surface area contributed by atoms with Gasteiger partial charge in [0.25, 0.3) is 5.91 Å². The lowest BCUT2D eigenvalue weighted by Gasteiger charge is -2.39.